The number of imide groups is 3. The average molecular weight is 535 g/mol. The molecule has 5 amide bonds. The van der Waals surface area contributed by atoms with Gasteiger partial charge < -0.3 is 11.1 Å². The lowest BCUT2D eigenvalue weighted by Crippen LogP contribution is -2.41. The zero-order chi connectivity index (χ0) is 24.1. The van der Waals surface area contributed by atoms with Crippen LogP contribution >= 0.6 is 46.0 Å². The van der Waals surface area contributed by atoms with E-state index in [0.717, 1.165) is 28.0 Å². The van der Waals surface area contributed by atoms with Gasteiger partial charge in [0.15, 0.2) is 0 Å². The van der Waals surface area contributed by atoms with Gasteiger partial charge in [-0.2, -0.15) is 4.90 Å². The van der Waals surface area contributed by atoms with Crippen molar-refractivity contribution in [3.05, 3.63) is 66.2 Å². The summed E-state index contributed by atoms with van der Waals surface area (Å²) in [7, 11) is 0. The zero-order valence-corrected chi connectivity index (χ0v) is 20.3. The van der Waals surface area contributed by atoms with Crippen molar-refractivity contribution in [2.24, 2.45) is 11.7 Å². The summed E-state index contributed by atoms with van der Waals surface area (Å²) in [4.78, 5) is 64.9. The van der Waals surface area contributed by atoms with Gasteiger partial charge in [-0.1, -0.05) is 40.8 Å². The molecule has 2 aromatic heterocycles. The van der Waals surface area contributed by atoms with Crippen molar-refractivity contribution in [2.45, 2.75) is 22.7 Å². The molecular weight excluding hydrogens is 520 g/mol. The van der Waals surface area contributed by atoms with Crippen molar-refractivity contribution >= 4 is 75.5 Å². The standard InChI is InChI=1S/C21H15ClN4O5S3/c22-9-3-5-10(6-4-9)24-12(27)8-25-19-16(34-21(25)31)13(11-2-1-7-32-11)14-15(33-19)18(29)26(17(14)28)20(23)30/h1-7,13-15H,8H2,(H2,23,30)(H,24,27). The van der Waals surface area contributed by atoms with E-state index in [1.165, 1.54) is 15.9 Å². The molecule has 0 bridgehead atoms. The summed E-state index contributed by atoms with van der Waals surface area (Å²) < 4.78 is 1.30. The first-order valence-electron chi connectivity index (χ1n) is 9.92. The third-order valence-electron chi connectivity index (χ3n) is 5.55. The van der Waals surface area contributed by atoms with Crippen LogP contribution in [0.2, 0.25) is 5.02 Å². The van der Waals surface area contributed by atoms with E-state index in [0.29, 0.717) is 25.5 Å². The number of nitrogens with zero attached hydrogens (tertiary/aromatic N) is 2. The number of thiazole rings is 1. The number of aromatic nitrogens is 1. The molecule has 0 spiro atoms. The summed E-state index contributed by atoms with van der Waals surface area (Å²) in [5.41, 5.74) is 5.82. The summed E-state index contributed by atoms with van der Waals surface area (Å²) in [6, 6.07) is 9.04. The highest BCUT2D eigenvalue weighted by molar-refractivity contribution is 8.00. The number of carbonyl (C=O) groups is 4. The molecule has 2 aliphatic rings. The lowest BCUT2D eigenvalue weighted by atomic mass is 9.87. The van der Waals surface area contributed by atoms with E-state index >= 15 is 0 Å². The summed E-state index contributed by atoms with van der Waals surface area (Å²) in [5.74, 6) is -3.29. The molecule has 3 unspecified atom stereocenters. The first-order valence-corrected chi connectivity index (χ1v) is 12.9. The Balaban J connectivity index is 1.53. The minimum atomic E-state index is -1.13. The SMILES string of the molecule is NC(=O)N1C(=O)C2Sc3c(sc(=O)n3CC(=O)Nc3ccc(Cl)cc3)C(c3cccs3)C2C1=O. The van der Waals surface area contributed by atoms with Crippen LogP contribution in [0.4, 0.5) is 10.5 Å². The highest BCUT2D eigenvalue weighted by atomic mass is 35.5. The van der Waals surface area contributed by atoms with E-state index in [2.05, 4.69) is 5.32 Å². The molecule has 1 saturated heterocycles. The lowest BCUT2D eigenvalue weighted by Gasteiger charge is -2.29. The first-order chi connectivity index (χ1) is 16.3. The third-order valence-corrected chi connectivity index (χ3v) is 9.36. The predicted molar refractivity (Wildman–Crippen MR) is 129 cm³/mol. The smallest absolute Gasteiger partial charge is 0.328 e. The molecule has 3 atom stereocenters. The normalized spacial score (nSPS) is 21.3. The number of anilines is 1. The second-order valence-corrected chi connectivity index (χ2v) is 11.1. The summed E-state index contributed by atoms with van der Waals surface area (Å²) in [6.07, 6.45) is 0. The monoisotopic (exact) mass is 534 g/mol. The van der Waals surface area contributed by atoms with Crippen molar-refractivity contribution < 1.29 is 19.2 Å². The van der Waals surface area contributed by atoms with Crippen LogP contribution in [-0.2, 0) is 20.9 Å². The summed E-state index contributed by atoms with van der Waals surface area (Å²) >= 11 is 9.21. The zero-order valence-electron chi connectivity index (χ0n) is 17.1. The van der Waals surface area contributed by atoms with E-state index in [1.807, 2.05) is 17.5 Å². The van der Waals surface area contributed by atoms with Crippen LogP contribution in [0, 0.1) is 5.92 Å². The van der Waals surface area contributed by atoms with Crippen molar-refractivity contribution in [2.75, 3.05) is 5.32 Å². The molecular formula is C21H15ClN4O5S3. The molecule has 13 heteroatoms. The van der Waals surface area contributed by atoms with E-state index < -0.39 is 40.8 Å². The number of fused-ring (bicyclic) bond motifs is 2. The van der Waals surface area contributed by atoms with Gasteiger partial charge in [-0.15, -0.1) is 11.3 Å². The van der Waals surface area contributed by atoms with Crippen molar-refractivity contribution in [3.63, 3.8) is 0 Å². The highest BCUT2D eigenvalue weighted by Crippen LogP contribution is 2.53. The Kier molecular flexibility index (Phi) is 5.84. The molecule has 5 rings (SSSR count). The molecule has 2 aliphatic heterocycles. The molecule has 34 heavy (non-hydrogen) atoms. The minimum Gasteiger partial charge on any atom is -0.351 e. The fraction of sp³-hybridized carbons (Fsp3) is 0.190. The number of halogens is 1. The molecule has 0 aliphatic carbocycles. The van der Waals surface area contributed by atoms with Crippen LogP contribution < -0.4 is 15.9 Å². The van der Waals surface area contributed by atoms with Gasteiger partial charge in [0.25, 0.3) is 5.91 Å². The topological polar surface area (TPSA) is 132 Å². The van der Waals surface area contributed by atoms with Crippen molar-refractivity contribution in [1.29, 1.82) is 0 Å². The molecule has 3 N–H and O–H groups in total. The van der Waals surface area contributed by atoms with Gasteiger partial charge in [-0.05, 0) is 35.7 Å². The second-order valence-electron chi connectivity index (χ2n) is 7.59. The number of thiophene rings is 1. The second kappa shape index (κ2) is 8.69. The number of urea groups is 1. The maximum Gasteiger partial charge on any atom is 0.328 e. The number of benzene rings is 1. The summed E-state index contributed by atoms with van der Waals surface area (Å²) in [5, 5.41) is 4.57. The van der Waals surface area contributed by atoms with Crippen LogP contribution in [0.15, 0.2) is 51.6 Å². The Hall–Kier alpha value is -2.93. The van der Waals surface area contributed by atoms with Crippen molar-refractivity contribution in [3.8, 4) is 0 Å². The van der Waals surface area contributed by atoms with E-state index in [9.17, 15) is 24.0 Å². The van der Waals surface area contributed by atoms with Gasteiger partial charge in [0, 0.05) is 26.4 Å². The van der Waals surface area contributed by atoms with Gasteiger partial charge in [-0.25, -0.2) is 4.79 Å². The Morgan fingerprint density at radius 2 is 1.82 bits per heavy atom. The number of hydrogen-bond donors (Lipinski definition) is 2. The molecule has 3 aromatic rings. The molecule has 4 heterocycles. The van der Waals surface area contributed by atoms with Crippen molar-refractivity contribution in [1.82, 2.24) is 9.47 Å². The average Bonchev–Trinajstić information content (AvgIpc) is 3.48. The number of nitrogens with one attached hydrogen (secondary N) is 1. The fourth-order valence-corrected chi connectivity index (χ4v) is 7.97. The molecule has 9 nitrogen and oxygen atoms in total. The van der Waals surface area contributed by atoms with E-state index in [1.54, 1.807) is 24.3 Å². The third kappa shape index (κ3) is 3.76. The number of carbonyl (C=O) groups excluding carboxylic acids is 4. The lowest BCUT2D eigenvalue weighted by molar-refractivity contribution is -0.135. The van der Waals surface area contributed by atoms with Gasteiger partial charge >= 0.3 is 10.9 Å². The number of amides is 5. The summed E-state index contributed by atoms with van der Waals surface area (Å²) in [6.45, 7) is -0.281. The van der Waals surface area contributed by atoms with Crippen LogP contribution in [-0.4, -0.2) is 38.5 Å². The fourth-order valence-electron chi connectivity index (χ4n) is 4.12. The Bertz CT molecular complexity index is 1380. The molecule has 1 aromatic carbocycles. The maximum absolute atomic E-state index is 13.0. The van der Waals surface area contributed by atoms with E-state index in [-0.39, 0.29) is 11.4 Å². The molecule has 0 saturated carbocycles. The largest absolute Gasteiger partial charge is 0.351 e. The van der Waals surface area contributed by atoms with Crippen LogP contribution in [0.1, 0.15) is 15.7 Å². The number of rotatable bonds is 4. The van der Waals surface area contributed by atoms with Gasteiger partial charge in [0.05, 0.1) is 10.9 Å². The number of nitrogens with two attached hydrogens (primary N) is 1. The van der Waals surface area contributed by atoms with E-state index in [4.69, 9.17) is 17.3 Å². The Morgan fingerprint density at radius 3 is 2.47 bits per heavy atom. The molecule has 174 valence electrons. The van der Waals surface area contributed by atoms with Gasteiger partial charge in [0.2, 0.25) is 11.8 Å². The first kappa shape index (κ1) is 22.8. The number of likely N-dealkylation sites (tertiary alicyclic amines) is 1. The molecule has 0 radical (unpaired) electrons. The number of hydrogen-bond acceptors (Lipinski definition) is 8. The van der Waals surface area contributed by atoms with Crippen LogP contribution in [0.3, 0.4) is 0 Å². The Morgan fingerprint density at radius 1 is 1.09 bits per heavy atom. The van der Waals surface area contributed by atoms with Gasteiger partial charge in [0.1, 0.15) is 11.8 Å². The Labute approximate surface area is 209 Å². The van der Waals surface area contributed by atoms with Gasteiger partial charge in [-0.3, -0.25) is 23.7 Å². The maximum atomic E-state index is 13.0. The van der Waals surface area contributed by atoms with Crippen LogP contribution in [0.25, 0.3) is 0 Å². The number of primary amides is 1. The number of thioether (sulfide) groups is 1. The van der Waals surface area contributed by atoms with Crippen LogP contribution in [0.5, 0.6) is 0 Å². The minimum absolute atomic E-state index is 0.281. The highest BCUT2D eigenvalue weighted by Gasteiger charge is 2.58. The molecule has 1 fully saturated rings. The predicted octanol–water partition coefficient (Wildman–Crippen LogP) is 2.93. The quantitative estimate of drug-likeness (QED) is 0.495.